The van der Waals surface area contributed by atoms with Gasteiger partial charge in [-0.2, -0.15) is 11.8 Å². The summed E-state index contributed by atoms with van der Waals surface area (Å²) in [5, 5.41) is 2.63. The SMILES string of the molecule is CC(=O)Nc1ccc(C(=O)[C@@H](C)OC(=O)[C@@H]2CCSC2)cc1. The molecule has 1 amide bonds. The molecule has 0 unspecified atom stereocenters. The molecule has 0 radical (unpaired) electrons. The highest BCUT2D eigenvalue weighted by atomic mass is 32.2. The van der Waals surface area contributed by atoms with Gasteiger partial charge in [-0.3, -0.25) is 14.4 Å². The maximum Gasteiger partial charge on any atom is 0.310 e. The van der Waals surface area contributed by atoms with Crippen molar-refractivity contribution < 1.29 is 19.1 Å². The molecule has 1 aliphatic heterocycles. The summed E-state index contributed by atoms with van der Waals surface area (Å²) in [7, 11) is 0. The number of benzene rings is 1. The van der Waals surface area contributed by atoms with Crippen molar-refractivity contribution in [2.24, 2.45) is 5.92 Å². The number of ether oxygens (including phenoxy) is 1. The number of carbonyl (C=O) groups excluding carboxylic acids is 3. The Balaban J connectivity index is 1.94. The van der Waals surface area contributed by atoms with E-state index in [0.29, 0.717) is 11.3 Å². The molecule has 6 heteroatoms. The molecule has 0 bridgehead atoms. The summed E-state index contributed by atoms with van der Waals surface area (Å²) >= 11 is 1.73. The van der Waals surface area contributed by atoms with Crippen LogP contribution in [0.15, 0.2) is 24.3 Å². The normalized spacial score (nSPS) is 18.5. The molecule has 118 valence electrons. The van der Waals surface area contributed by atoms with Crippen molar-refractivity contribution >= 4 is 35.1 Å². The van der Waals surface area contributed by atoms with Crippen LogP contribution < -0.4 is 5.32 Å². The van der Waals surface area contributed by atoms with Crippen LogP contribution in [0.4, 0.5) is 5.69 Å². The lowest BCUT2D eigenvalue weighted by Crippen LogP contribution is -2.28. The Hall–Kier alpha value is -1.82. The summed E-state index contributed by atoms with van der Waals surface area (Å²) in [4.78, 5) is 35.1. The molecular weight excluding hydrogens is 302 g/mol. The zero-order chi connectivity index (χ0) is 16.1. The number of Topliss-reactive ketones (excluding diaryl/α,β-unsaturated/α-hetero) is 1. The Bertz CT molecular complexity index is 564. The highest BCUT2D eigenvalue weighted by Gasteiger charge is 2.28. The predicted molar refractivity (Wildman–Crippen MR) is 86.1 cm³/mol. The molecule has 5 nitrogen and oxygen atoms in total. The first-order chi connectivity index (χ1) is 10.5. The summed E-state index contributed by atoms with van der Waals surface area (Å²) in [6.07, 6.45) is 0.0141. The van der Waals surface area contributed by atoms with Crippen LogP contribution in [-0.2, 0) is 14.3 Å². The van der Waals surface area contributed by atoms with E-state index in [4.69, 9.17) is 4.74 Å². The fourth-order valence-electron chi connectivity index (χ4n) is 2.20. The van der Waals surface area contributed by atoms with Crippen LogP contribution in [0.25, 0.3) is 0 Å². The maximum atomic E-state index is 12.3. The van der Waals surface area contributed by atoms with Crippen LogP contribution >= 0.6 is 11.8 Å². The van der Waals surface area contributed by atoms with Gasteiger partial charge in [0.05, 0.1) is 5.92 Å². The van der Waals surface area contributed by atoms with Gasteiger partial charge in [-0.1, -0.05) is 0 Å². The number of rotatable bonds is 5. The molecule has 1 saturated heterocycles. The molecule has 1 N–H and O–H groups in total. The van der Waals surface area contributed by atoms with Gasteiger partial charge in [-0.15, -0.1) is 0 Å². The van der Waals surface area contributed by atoms with Gasteiger partial charge in [-0.25, -0.2) is 0 Å². The zero-order valence-corrected chi connectivity index (χ0v) is 13.4. The van der Waals surface area contributed by atoms with E-state index in [1.54, 1.807) is 43.0 Å². The summed E-state index contributed by atoms with van der Waals surface area (Å²) in [5.41, 5.74) is 1.08. The van der Waals surface area contributed by atoms with Crippen LogP contribution in [-0.4, -0.2) is 35.3 Å². The van der Waals surface area contributed by atoms with E-state index in [0.717, 1.165) is 17.9 Å². The van der Waals surface area contributed by atoms with Crippen LogP contribution in [0.2, 0.25) is 0 Å². The molecule has 0 aromatic heterocycles. The van der Waals surface area contributed by atoms with Gasteiger partial charge in [0.15, 0.2) is 6.10 Å². The van der Waals surface area contributed by atoms with E-state index in [2.05, 4.69) is 5.32 Å². The monoisotopic (exact) mass is 321 g/mol. The van der Waals surface area contributed by atoms with Gasteiger partial charge >= 0.3 is 5.97 Å². The fourth-order valence-corrected chi connectivity index (χ4v) is 3.41. The Kier molecular flexibility index (Phi) is 5.60. The minimum Gasteiger partial charge on any atom is -0.454 e. The Morgan fingerprint density at radius 1 is 1.27 bits per heavy atom. The number of nitrogens with one attached hydrogen (secondary N) is 1. The lowest BCUT2D eigenvalue weighted by atomic mass is 10.1. The number of hydrogen-bond acceptors (Lipinski definition) is 5. The second-order valence-electron chi connectivity index (χ2n) is 5.26. The van der Waals surface area contributed by atoms with E-state index in [-0.39, 0.29) is 23.6 Å². The number of hydrogen-bond donors (Lipinski definition) is 1. The molecule has 1 fully saturated rings. The van der Waals surface area contributed by atoms with Crippen LogP contribution in [0, 0.1) is 5.92 Å². The number of ketones is 1. The van der Waals surface area contributed by atoms with Crippen molar-refractivity contribution in [1.29, 1.82) is 0 Å². The van der Waals surface area contributed by atoms with Gasteiger partial charge < -0.3 is 10.1 Å². The summed E-state index contributed by atoms with van der Waals surface area (Å²) in [6, 6.07) is 6.53. The smallest absolute Gasteiger partial charge is 0.310 e. The quantitative estimate of drug-likeness (QED) is 0.666. The molecular formula is C16H19NO4S. The summed E-state index contributed by atoms with van der Waals surface area (Å²) in [5.74, 6) is 0.935. The van der Waals surface area contributed by atoms with Crippen LogP contribution in [0.3, 0.4) is 0 Å². The van der Waals surface area contributed by atoms with Crippen molar-refractivity contribution in [3.63, 3.8) is 0 Å². The van der Waals surface area contributed by atoms with E-state index in [9.17, 15) is 14.4 Å². The second-order valence-corrected chi connectivity index (χ2v) is 6.41. The third kappa shape index (κ3) is 4.34. The highest BCUT2D eigenvalue weighted by molar-refractivity contribution is 7.99. The summed E-state index contributed by atoms with van der Waals surface area (Å²) in [6.45, 7) is 3.01. The average Bonchev–Trinajstić information content (AvgIpc) is 3.01. The van der Waals surface area contributed by atoms with Crippen molar-refractivity contribution in [2.45, 2.75) is 26.4 Å². The van der Waals surface area contributed by atoms with Crippen LogP contribution in [0.1, 0.15) is 30.6 Å². The van der Waals surface area contributed by atoms with Crippen LogP contribution in [0.5, 0.6) is 0 Å². The van der Waals surface area contributed by atoms with E-state index in [1.165, 1.54) is 6.92 Å². The van der Waals surface area contributed by atoms with Gasteiger partial charge in [0.2, 0.25) is 11.7 Å². The topological polar surface area (TPSA) is 72.5 Å². The first-order valence-corrected chi connectivity index (χ1v) is 8.33. The molecule has 0 spiro atoms. The zero-order valence-electron chi connectivity index (χ0n) is 12.6. The summed E-state index contributed by atoms with van der Waals surface area (Å²) < 4.78 is 5.27. The average molecular weight is 321 g/mol. The Labute approximate surface area is 133 Å². The molecule has 1 aromatic carbocycles. The molecule has 2 rings (SSSR count). The molecule has 2 atom stereocenters. The number of esters is 1. The first-order valence-electron chi connectivity index (χ1n) is 7.17. The van der Waals surface area contributed by atoms with E-state index in [1.807, 2.05) is 0 Å². The minimum absolute atomic E-state index is 0.0950. The van der Waals surface area contributed by atoms with E-state index < -0.39 is 6.10 Å². The first kappa shape index (κ1) is 16.5. The minimum atomic E-state index is -0.801. The predicted octanol–water partition coefficient (Wildman–Crippen LogP) is 2.51. The number of amides is 1. The van der Waals surface area contributed by atoms with Gasteiger partial charge in [0.1, 0.15) is 0 Å². The highest BCUT2D eigenvalue weighted by Crippen LogP contribution is 2.25. The fraction of sp³-hybridized carbons (Fsp3) is 0.438. The molecule has 22 heavy (non-hydrogen) atoms. The van der Waals surface area contributed by atoms with E-state index >= 15 is 0 Å². The lowest BCUT2D eigenvalue weighted by Gasteiger charge is -2.15. The van der Waals surface area contributed by atoms with Crippen molar-refractivity contribution in [3.8, 4) is 0 Å². The molecule has 1 aromatic rings. The largest absolute Gasteiger partial charge is 0.454 e. The number of anilines is 1. The molecule has 0 aliphatic carbocycles. The Morgan fingerprint density at radius 2 is 1.95 bits per heavy atom. The van der Waals surface area contributed by atoms with Gasteiger partial charge in [0.25, 0.3) is 0 Å². The van der Waals surface area contributed by atoms with Crippen molar-refractivity contribution in [2.75, 3.05) is 16.8 Å². The number of thioether (sulfide) groups is 1. The van der Waals surface area contributed by atoms with Crippen molar-refractivity contribution in [1.82, 2.24) is 0 Å². The maximum absolute atomic E-state index is 12.3. The van der Waals surface area contributed by atoms with Gasteiger partial charge in [-0.05, 0) is 43.4 Å². The number of carbonyl (C=O) groups is 3. The molecule has 1 aliphatic rings. The molecule has 1 heterocycles. The standard InChI is InChI=1S/C16H19NO4S/c1-10(21-16(20)13-7-8-22-9-13)15(19)12-3-5-14(6-4-12)17-11(2)18/h3-6,10,13H,7-9H2,1-2H3,(H,17,18)/t10-,13-/m1/s1. The second kappa shape index (κ2) is 7.45. The lowest BCUT2D eigenvalue weighted by molar-refractivity contribution is -0.150. The Morgan fingerprint density at radius 3 is 2.50 bits per heavy atom. The van der Waals surface area contributed by atoms with Gasteiger partial charge in [0, 0.05) is 23.9 Å². The van der Waals surface area contributed by atoms with Crippen molar-refractivity contribution in [3.05, 3.63) is 29.8 Å². The third-order valence-corrected chi connectivity index (χ3v) is 4.58. The molecule has 0 saturated carbocycles. The third-order valence-electron chi connectivity index (χ3n) is 3.41.